The third-order valence-electron chi connectivity index (χ3n) is 1.90. The van der Waals surface area contributed by atoms with E-state index in [2.05, 4.69) is 4.98 Å². The fourth-order valence-electron chi connectivity index (χ4n) is 1.31. The maximum Gasteiger partial charge on any atom is 0.156 e. The highest BCUT2D eigenvalue weighted by Gasteiger charge is 2.07. The van der Waals surface area contributed by atoms with Gasteiger partial charge in [0.2, 0.25) is 0 Å². The molecule has 0 saturated heterocycles. The zero-order valence-corrected chi connectivity index (χ0v) is 9.06. The van der Waals surface area contributed by atoms with Crippen LogP contribution in [-0.2, 0) is 0 Å². The highest BCUT2D eigenvalue weighted by atomic mass is 35.5. The lowest BCUT2D eigenvalue weighted by atomic mass is 10.3. The quantitative estimate of drug-likeness (QED) is 0.755. The van der Waals surface area contributed by atoms with Gasteiger partial charge in [-0.15, -0.1) is 0 Å². The van der Waals surface area contributed by atoms with Crippen molar-refractivity contribution in [2.24, 2.45) is 5.73 Å². The molecular weight excluding hydrogens is 218 g/mol. The van der Waals surface area contributed by atoms with Crippen molar-refractivity contribution in [3.8, 4) is 0 Å². The molecule has 0 aliphatic heterocycles. The van der Waals surface area contributed by atoms with Crippen LogP contribution in [0.25, 0.3) is 5.65 Å². The molecule has 0 radical (unpaired) electrons. The summed E-state index contributed by atoms with van der Waals surface area (Å²) < 4.78 is 1.83. The first-order valence-electron chi connectivity index (χ1n) is 4.02. The Morgan fingerprint density at radius 3 is 2.93 bits per heavy atom. The third-order valence-corrected chi connectivity index (χ3v) is 2.38. The number of fused-ring (bicyclic) bond motifs is 1. The summed E-state index contributed by atoms with van der Waals surface area (Å²) in [4.78, 5) is 4.50. The molecule has 2 N–H and O–H groups in total. The van der Waals surface area contributed by atoms with Gasteiger partial charge in [0.05, 0.1) is 5.02 Å². The average molecular weight is 226 g/mol. The van der Waals surface area contributed by atoms with E-state index in [4.69, 9.17) is 29.6 Å². The lowest BCUT2D eigenvalue weighted by Crippen LogP contribution is -2.09. The molecule has 0 unspecified atom stereocenters. The minimum absolute atomic E-state index is 0.280. The van der Waals surface area contributed by atoms with E-state index < -0.39 is 0 Å². The third kappa shape index (κ3) is 1.47. The smallest absolute Gasteiger partial charge is 0.156 e. The minimum Gasteiger partial charge on any atom is -0.388 e. The Morgan fingerprint density at radius 1 is 1.57 bits per heavy atom. The molecule has 0 aliphatic carbocycles. The van der Waals surface area contributed by atoms with Gasteiger partial charge in [0.1, 0.15) is 10.7 Å². The molecule has 3 nitrogen and oxygen atoms in total. The van der Waals surface area contributed by atoms with Crippen molar-refractivity contribution in [2.45, 2.75) is 6.92 Å². The van der Waals surface area contributed by atoms with Crippen LogP contribution in [-0.4, -0.2) is 14.4 Å². The number of nitrogens with zero attached hydrogens (tertiary/aromatic N) is 2. The molecule has 72 valence electrons. The largest absolute Gasteiger partial charge is 0.388 e. The summed E-state index contributed by atoms with van der Waals surface area (Å²) in [5, 5.41) is 0.604. The van der Waals surface area contributed by atoms with Crippen LogP contribution in [0.5, 0.6) is 0 Å². The van der Waals surface area contributed by atoms with Crippen LogP contribution in [0.15, 0.2) is 18.5 Å². The number of aryl methyl sites for hydroxylation is 1. The molecule has 5 heteroatoms. The zero-order valence-electron chi connectivity index (χ0n) is 7.49. The van der Waals surface area contributed by atoms with Gasteiger partial charge < -0.3 is 10.1 Å². The Balaban J connectivity index is 2.76. The molecule has 0 aromatic carbocycles. The Bertz CT molecular complexity index is 518. The van der Waals surface area contributed by atoms with Crippen molar-refractivity contribution in [3.63, 3.8) is 0 Å². The summed E-state index contributed by atoms with van der Waals surface area (Å²) >= 11 is 10.9. The molecule has 0 amide bonds. The van der Waals surface area contributed by atoms with Crippen molar-refractivity contribution < 1.29 is 0 Å². The van der Waals surface area contributed by atoms with Crippen LogP contribution in [0, 0.1) is 6.92 Å². The number of pyridine rings is 1. The molecule has 0 fully saturated rings. The van der Waals surface area contributed by atoms with Gasteiger partial charge >= 0.3 is 0 Å². The number of rotatable bonds is 1. The number of hydrogen-bond donors (Lipinski definition) is 1. The number of thiocarbonyl (C=S) groups is 1. The lowest BCUT2D eigenvalue weighted by molar-refractivity contribution is 1.16. The van der Waals surface area contributed by atoms with Crippen molar-refractivity contribution in [1.82, 2.24) is 9.38 Å². The van der Waals surface area contributed by atoms with E-state index in [1.54, 1.807) is 6.20 Å². The Kier molecular flexibility index (Phi) is 2.17. The molecule has 2 aromatic rings. The topological polar surface area (TPSA) is 43.3 Å². The van der Waals surface area contributed by atoms with Gasteiger partial charge in [0.25, 0.3) is 0 Å². The second-order valence-corrected chi connectivity index (χ2v) is 3.93. The van der Waals surface area contributed by atoms with Gasteiger partial charge in [-0.05, 0) is 18.6 Å². The number of halogens is 1. The Hall–Kier alpha value is -1.13. The zero-order chi connectivity index (χ0) is 10.3. The molecular formula is C9H8ClN3S. The molecule has 2 heterocycles. The number of hydrogen-bond acceptors (Lipinski definition) is 2. The maximum atomic E-state index is 6.01. The van der Waals surface area contributed by atoms with Crippen LogP contribution in [0.2, 0.25) is 5.02 Å². The van der Waals surface area contributed by atoms with Crippen molar-refractivity contribution in [1.29, 1.82) is 0 Å². The van der Waals surface area contributed by atoms with E-state index in [9.17, 15) is 0 Å². The van der Waals surface area contributed by atoms with Crippen LogP contribution >= 0.6 is 23.8 Å². The van der Waals surface area contributed by atoms with Gasteiger partial charge in [-0.1, -0.05) is 23.8 Å². The molecule has 0 spiro atoms. The molecule has 14 heavy (non-hydrogen) atoms. The Labute approximate surface area is 91.5 Å². The predicted molar refractivity (Wildman–Crippen MR) is 60.8 cm³/mol. The van der Waals surface area contributed by atoms with Crippen LogP contribution in [0.3, 0.4) is 0 Å². The molecule has 0 atom stereocenters. The summed E-state index contributed by atoms with van der Waals surface area (Å²) in [6.07, 6.45) is 3.70. The molecule has 0 bridgehead atoms. The molecule has 2 aromatic heterocycles. The number of nitrogens with two attached hydrogens (primary N) is 1. The average Bonchev–Trinajstić information content (AvgIpc) is 2.47. The summed E-state index contributed by atoms with van der Waals surface area (Å²) in [6.45, 7) is 1.96. The molecule has 2 rings (SSSR count). The second-order valence-electron chi connectivity index (χ2n) is 3.09. The monoisotopic (exact) mass is 225 g/mol. The lowest BCUT2D eigenvalue weighted by Gasteiger charge is -1.97. The fraction of sp³-hybridized carbons (Fsp3) is 0.111. The predicted octanol–water partition coefficient (Wildman–Crippen LogP) is 1.93. The van der Waals surface area contributed by atoms with E-state index >= 15 is 0 Å². The normalized spacial score (nSPS) is 10.7. The first kappa shape index (κ1) is 9.43. The first-order chi connectivity index (χ1) is 6.58. The van der Waals surface area contributed by atoms with Gasteiger partial charge in [-0.3, -0.25) is 0 Å². The minimum atomic E-state index is 0.280. The summed E-state index contributed by atoms with van der Waals surface area (Å²) in [5.74, 6) is 0. The van der Waals surface area contributed by atoms with E-state index in [0.717, 1.165) is 5.56 Å². The van der Waals surface area contributed by atoms with Gasteiger partial charge in [0, 0.05) is 12.4 Å². The maximum absolute atomic E-state index is 6.01. The highest BCUT2D eigenvalue weighted by Crippen LogP contribution is 2.18. The van der Waals surface area contributed by atoms with E-state index in [-0.39, 0.29) is 4.99 Å². The standard InChI is InChI=1S/C9H8ClN3S/c1-5-2-6(10)9-12-7(8(11)14)4-13(9)3-5/h2-4H,1H3,(H2,11,14). The van der Waals surface area contributed by atoms with Gasteiger partial charge in [-0.25, -0.2) is 4.98 Å². The summed E-state index contributed by atoms with van der Waals surface area (Å²) in [5.41, 5.74) is 7.81. The highest BCUT2D eigenvalue weighted by molar-refractivity contribution is 7.80. The SMILES string of the molecule is Cc1cc(Cl)c2nc(C(N)=S)cn2c1. The van der Waals surface area contributed by atoms with E-state index in [0.29, 0.717) is 16.4 Å². The molecule has 0 aliphatic rings. The van der Waals surface area contributed by atoms with Gasteiger partial charge in [-0.2, -0.15) is 0 Å². The van der Waals surface area contributed by atoms with Crippen molar-refractivity contribution in [3.05, 3.63) is 34.7 Å². The van der Waals surface area contributed by atoms with Crippen molar-refractivity contribution in [2.75, 3.05) is 0 Å². The summed E-state index contributed by atoms with van der Waals surface area (Å²) in [7, 11) is 0. The fourth-order valence-corrected chi connectivity index (χ4v) is 1.72. The molecule has 0 saturated carbocycles. The van der Waals surface area contributed by atoms with Crippen LogP contribution in [0.4, 0.5) is 0 Å². The first-order valence-corrected chi connectivity index (χ1v) is 4.81. The second kappa shape index (κ2) is 3.22. The van der Waals surface area contributed by atoms with E-state index in [1.165, 1.54) is 0 Å². The number of aromatic nitrogens is 2. The van der Waals surface area contributed by atoms with Crippen LogP contribution < -0.4 is 5.73 Å². The Morgan fingerprint density at radius 2 is 2.29 bits per heavy atom. The summed E-state index contributed by atoms with van der Waals surface area (Å²) in [6, 6.07) is 1.85. The number of imidazole rings is 1. The van der Waals surface area contributed by atoms with Gasteiger partial charge in [0.15, 0.2) is 5.65 Å². The van der Waals surface area contributed by atoms with Crippen molar-refractivity contribution >= 4 is 34.5 Å². The van der Waals surface area contributed by atoms with Crippen LogP contribution in [0.1, 0.15) is 11.3 Å². The van der Waals surface area contributed by atoms with E-state index in [1.807, 2.05) is 23.6 Å².